The van der Waals surface area contributed by atoms with Crippen LogP contribution in [0, 0.1) is 0 Å². The first kappa shape index (κ1) is 12.2. The third-order valence-corrected chi connectivity index (χ3v) is 3.57. The summed E-state index contributed by atoms with van der Waals surface area (Å²) in [5, 5.41) is 11.5. The Kier molecular flexibility index (Phi) is 3.23. The van der Waals surface area contributed by atoms with Gasteiger partial charge in [-0.15, -0.1) is 5.10 Å². The summed E-state index contributed by atoms with van der Waals surface area (Å²) < 4.78 is 0. The zero-order valence-electron chi connectivity index (χ0n) is 9.77. The van der Waals surface area contributed by atoms with Gasteiger partial charge in [0, 0.05) is 11.8 Å². The Morgan fingerprint density at radius 3 is 2.37 bits per heavy atom. The van der Waals surface area contributed by atoms with Gasteiger partial charge in [-0.2, -0.15) is 0 Å². The SMILES string of the molecule is Clc1ccc(-c2cccc(-c3c[nH]nn3)c2)cc1Cl. The number of halogens is 2. The Balaban J connectivity index is 2.06. The molecule has 0 unspecified atom stereocenters. The first-order valence-electron chi connectivity index (χ1n) is 5.66. The molecule has 0 radical (unpaired) electrons. The van der Waals surface area contributed by atoms with Crippen LogP contribution in [0.2, 0.25) is 10.0 Å². The van der Waals surface area contributed by atoms with Crippen molar-refractivity contribution < 1.29 is 0 Å². The van der Waals surface area contributed by atoms with E-state index in [9.17, 15) is 0 Å². The van der Waals surface area contributed by atoms with Gasteiger partial charge in [0.05, 0.1) is 10.0 Å². The van der Waals surface area contributed by atoms with Gasteiger partial charge in [0.1, 0.15) is 5.69 Å². The summed E-state index contributed by atoms with van der Waals surface area (Å²) in [5.41, 5.74) is 3.87. The quantitative estimate of drug-likeness (QED) is 0.757. The van der Waals surface area contributed by atoms with Crippen LogP contribution in [0.5, 0.6) is 0 Å². The number of benzene rings is 2. The molecule has 3 aromatic rings. The molecule has 0 atom stereocenters. The highest BCUT2D eigenvalue weighted by atomic mass is 35.5. The molecule has 94 valence electrons. The average Bonchev–Trinajstić information content (AvgIpc) is 2.96. The van der Waals surface area contributed by atoms with E-state index in [4.69, 9.17) is 23.2 Å². The van der Waals surface area contributed by atoms with E-state index in [1.807, 2.05) is 36.4 Å². The molecular weight excluding hydrogens is 281 g/mol. The molecular formula is C14H9Cl2N3. The van der Waals surface area contributed by atoms with Gasteiger partial charge < -0.3 is 0 Å². The molecule has 0 saturated heterocycles. The van der Waals surface area contributed by atoms with Gasteiger partial charge in [-0.25, -0.2) is 0 Å². The van der Waals surface area contributed by atoms with E-state index in [-0.39, 0.29) is 0 Å². The fourth-order valence-electron chi connectivity index (χ4n) is 1.88. The number of aromatic nitrogens is 3. The van der Waals surface area contributed by atoms with Crippen molar-refractivity contribution in [2.24, 2.45) is 0 Å². The normalized spacial score (nSPS) is 10.6. The van der Waals surface area contributed by atoms with Crippen LogP contribution in [0.3, 0.4) is 0 Å². The number of hydrogen-bond donors (Lipinski definition) is 1. The highest BCUT2D eigenvalue weighted by Gasteiger charge is 2.05. The predicted molar refractivity (Wildman–Crippen MR) is 77.3 cm³/mol. The number of nitrogens with zero attached hydrogens (tertiary/aromatic N) is 2. The number of hydrogen-bond acceptors (Lipinski definition) is 2. The second-order valence-corrected chi connectivity index (χ2v) is 4.88. The standard InChI is InChI=1S/C14H9Cl2N3/c15-12-5-4-10(7-13(12)16)9-2-1-3-11(6-9)14-8-17-19-18-14/h1-8H,(H,17,18,19). The predicted octanol–water partition coefficient (Wildman–Crippen LogP) is 4.45. The largest absolute Gasteiger partial charge is 0.265 e. The van der Waals surface area contributed by atoms with Crippen molar-refractivity contribution in [1.82, 2.24) is 15.4 Å². The van der Waals surface area contributed by atoms with E-state index in [0.29, 0.717) is 10.0 Å². The molecule has 0 aliphatic carbocycles. The minimum Gasteiger partial charge on any atom is -0.265 e. The van der Waals surface area contributed by atoms with Gasteiger partial charge in [-0.1, -0.05) is 52.7 Å². The van der Waals surface area contributed by atoms with Crippen LogP contribution in [0.1, 0.15) is 0 Å². The van der Waals surface area contributed by atoms with Crippen molar-refractivity contribution in [3.63, 3.8) is 0 Å². The Hall–Kier alpha value is -1.84. The van der Waals surface area contributed by atoms with Crippen molar-refractivity contribution in [1.29, 1.82) is 0 Å². The van der Waals surface area contributed by atoms with Crippen LogP contribution in [0.25, 0.3) is 22.4 Å². The van der Waals surface area contributed by atoms with E-state index in [1.54, 1.807) is 12.3 Å². The topological polar surface area (TPSA) is 41.6 Å². The maximum absolute atomic E-state index is 6.04. The molecule has 0 spiro atoms. The fourth-order valence-corrected chi connectivity index (χ4v) is 2.17. The molecule has 1 N–H and O–H groups in total. The second kappa shape index (κ2) is 5.03. The smallest absolute Gasteiger partial charge is 0.112 e. The summed E-state index contributed by atoms with van der Waals surface area (Å²) in [7, 11) is 0. The van der Waals surface area contributed by atoms with Crippen LogP contribution in [0.4, 0.5) is 0 Å². The third-order valence-electron chi connectivity index (χ3n) is 2.83. The van der Waals surface area contributed by atoms with E-state index in [1.165, 1.54) is 0 Å². The summed E-state index contributed by atoms with van der Waals surface area (Å²) >= 11 is 12.0. The molecule has 0 amide bonds. The molecule has 0 saturated carbocycles. The van der Waals surface area contributed by atoms with Crippen LogP contribution in [-0.2, 0) is 0 Å². The van der Waals surface area contributed by atoms with Crippen LogP contribution >= 0.6 is 23.2 Å². The highest BCUT2D eigenvalue weighted by molar-refractivity contribution is 6.42. The molecule has 5 heteroatoms. The lowest BCUT2D eigenvalue weighted by Gasteiger charge is -2.05. The van der Waals surface area contributed by atoms with E-state index >= 15 is 0 Å². The molecule has 3 rings (SSSR count). The van der Waals surface area contributed by atoms with Gasteiger partial charge >= 0.3 is 0 Å². The lowest BCUT2D eigenvalue weighted by molar-refractivity contribution is 0.942. The molecule has 19 heavy (non-hydrogen) atoms. The third kappa shape index (κ3) is 2.48. The first-order chi connectivity index (χ1) is 9.24. The van der Waals surface area contributed by atoms with Crippen molar-refractivity contribution in [2.45, 2.75) is 0 Å². The van der Waals surface area contributed by atoms with Gasteiger partial charge in [-0.3, -0.25) is 5.10 Å². The lowest BCUT2D eigenvalue weighted by atomic mass is 10.0. The zero-order chi connectivity index (χ0) is 13.2. The van der Waals surface area contributed by atoms with Crippen LogP contribution in [-0.4, -0.2) is 15.4 Å². The van der Waals surface area contributed by atoms with E-state index in [2.05, 4.69) is 15.4 Å². The van der Waals surface area contributed by atoms with E-state index < -0.39 is 0 Å². The number of rotatable bonds is 2. The molecule has 1 heterocycles. The van der Waals surface area contributed by atoms with Crippen LogP contribution in [0.15, 0.2) is 48.7 Å². The van der Waals surface area contributed by atoms with Crippen molar-refractivity contribution in [3.8, 4) is 22.4 Å². The zero-order valence-corrected chi connectivity index (χ0v) is 11.3. The van der Waals surface area contributed by atoms with Gasteiger partial charge in [0.15, 0.2) is 0 Å². The molecule has 2 aromatic carbocycles. The molecule has 0 bridgehead atoms. The lowest BCUT2D eigenvalue weighted by Crippen LogP contribution is -1.82. The maximum atomic E-state index is 6.04. The summed E-state index contributed by atoms with van der Waals surface area (Å²) in [4.78, 5) is 0. The second-order valence-electron chi connectivity index (χ2n) is 4.07. The Labute approximate surface area is 120 Å². The van der Waals surface area contributed by atoms with Crippen molar-refractivity contribution in [2.75, 3.05) is 0 Å². The molecule has 1 aromatic heterocycles. The first-order valence-corrected chi connectivity index (χ1v) is 6.42. The summed E-state index contributed by atoms with van der Waals surface area (Å²) in [6.45, 7) is 0. The molecule has 3 nitrogen and oxygen atoms in total. The maximum Gasteiger partial charge on any atom is 0.112 e. The van der Waals surface area contributed by atoms with Crippen molar-refractivity contribution in [3.05, 3.63) is 58.7 Å². The summed E-state index contributed by atoms with van der Waals surface area (Å²) in [6.07, 6.45) is 1.76. The van der Waals surface area contributed by atoms with E-state index in [0.717, 1.165) is 22.4 Å². The average molecular weight is 290 g/mol. The fraction of sp³-hybridized carbons (Fsp3) is 0. The molecule has 0 fully saturated rings. The van der Waals surface area contributed by atoms with Crippen molar-refractivity contribution >= 4 is 23.2 Å². The number of H-pyrrole nitrogens is 1. The highest BCUT2D eigenvalue weighted by Crippen LogP contribution is 2.30. The van der Waals surface area contributed by atoms with Gasteiger partial charge in [-0.05, 0) is 29.3 Å². The Bertz CT molecular complexity index is 708. The summed E-state index contributed by atoms with van der Waals surface area (Å²) in [6, 6.07) is 13.6. The van der Waals surface area contributed by atoms with Gasteiger partial charge in [0.25, 0.3) is 0 Å². The number of aromatic amines is 1. The molecule has 0 aliphatic heterocycles. The van der Waals surface area contributed by atoms with Gasteiger partial charge in [0.2, 0.25) is 0 Å². The monoisotopic (exact) mass is 289 g/mol. The molecule has 0 aliphatic rings. The minimum absolute atomic E-state index is 0.547. The Morgan fingerprint density at radius 2 is 1.63 bits per heavy atom. The number of nitrogens with one attached hydrogen (secondary N) is 1. The van der Waals surface area contributed by atoms with Crippen LogP contribution < -0.4 is 0 Å². The Morgan fingerprint density at radius 1 is 0.842 bits per heavy atom. The summed E-state index contributed by atoms with van der Waals surface area (Å²) in [5.74, 6) is 0. The minimum atomic E-state index is 0.547.